The van der Waals surface area contributed by atoms with Crippen LogP contribution in [0.3, 0.4) is 0 Å². The quantitative estimate of drug-likeness (QED) is 0.346. The van der Waals surface area contributed by atoms with Gasteiger partial charge in [0.2, 0.25) is 5.90 Å². The fourth-order valence-corrected chi connectivity index (χ4v) is 2.90. The van der Waals surface area contributed by atoms with Gasteiger partial charge in [-0.15, -0.1) is 0 Å². The topological polar surface area (TPSA) is 65.0 Å². The molecule has 0 bridgehead atoms. The van der Waals surface area contributed by atoms with Gasteiger partial charge in [0.1, 0.15) is 5.75 Å². The number of cyclic esters (lactones) is 1. The van der Waals surface area contributed by atoms with E-state index >= 15 is 0 Å². The smallest absolute Gasteiger partial charge is 0.363 e. The van der Waals surface area contributed by atoms with Crippen LogP contribution >= 0.6 is 0 Å². The SMILES string of the molecule is Cc1ccc(C2=N/C(=C\c3ccc(OCC(=O)c4ccccc4)cc3)C(=O)O2)cc1. The molecular weight excluding hydrogens is 378 g/mol. The highest BCUT2D eigenvalue weighted by Crippen LogP contribution is 2.21. The predicted octanol–water partition coefficient (Wildman–Crippen LogP) is 4.60. The third-order valence-corrected chi connectivity index (χ3v) is 4.57. The lowest BCUT2D eigenvalue weighted by molar-refractivity contribution is -0.129. The van der Waals surface area contributed by atoms with Crippen molar-refractivity contribution in [1.29, 1.82) is 0 Å². The molecule has 0 fully saturated rings. The van der Waals surface area contributed by atoms with Crippen molar-refractivity contribution in [2.75, 3.05) is 6.61 Å². The van der Waals surface area contributed by atoms with Gasteiger partial charge in [-0.05, 0) is 42.8 Å². The van der Waals surface area contributed by atoms with E-state index in [1.165, 1.54) is 0 Å². The summed E-state index contributed by atoms with van der Waals surface area (Å²) in [6.07, 6.45) is 1.66. The minimum absolute atomic E-state index is 0.0407. The van der Waals surface area contributed by atoms with Crippen LogP contribution in [-0.2, 0) is 9.53 Å². The number of benzene rings is 3. The molecule has 0 radical (unpaired) electrons. The number of ether oxygens (including phenoxy) is 2. The molecule has 0 spiro atoms. The number of hydrogen-bond acceptors (Lipinski definition) is 5. The maximum absolute atomic E-state index is 12.1. The fourth-order valence-electron chi connectivity index (χ4n) is 2.90. The summed E-state index contributed by atoms with van der Waals surface area (Å²) in [6.45, 7) is 1.95. The summed E-state index contributed by atoms with van der Waals surface area (Å²) in [7, 11) is 0. The standard InChI is InChI=1S/C25H19NO4/c1-17-7-11-20(12-8-17)24-26-22(25(28)30-24)15-18-9-13-21(14-10-18)29-16-23(27)19-5-3-2-4-6-19/h2-15H,16H2,1H3/b22-15-. The van der Waals surface area contributed by atoms with Gasteiger partial charge < -0.3 is 9.47 Å². The van der Waals surface area contributed by atoms with Crippen molar-refractivity contribution in [1.82, 2.24) is 0 Å². The molecule has 1 aliphatic rings. The molecule has 0 aliphatic carbocycles. The van der Waals surface area contributed by atoms with E-state index in [1.807, 2.05) is 49.4 Å². The maximum Gasteiger partial charge on any atom is 0.363 e. The number of carbonyl (C=O) groups excluding carboxylic acids is 2. The van der Waals surface area contributed by atoms with E-state index < -0.39 is 5.97 Å². The normalized spacial score (nSPS) is 14.4. The Kier molecular flexibility index (Phi) is 5.52. The number of nitrogens with zero attached hydrogens (tertiary/aromatic N) is 1. The second kappa shape index (κ2) is 8.57. The minimum atomic E-state index is -0.487. The Labute approximate surface area is 174 Å². The molecule has 0 unspecified atom stereocenters. The summed E-state index contributed by atoms with van der Waals surface area (Å²) in [5, 5.41) is 0. The van der Waals surface area contributed by atoms with Crippen molar-refractivity contribution < 1.29 is 19.1 Å². The molecule has 0 atom stereocenters. The zero-order valence-electron chi connectivity index (χ0n) is 16.4. The van der Waals surface area contributed by atoms with Crippen LogP contribution in [0.2, 0.25) is 0 Å². The fraction of sp³-hybridized carbons (Fsp3) is 0.0800. The molecule has 3 aromatic carbocycles. The van der Waals surface area contributed by atoms with Crippen LogP contribution in [0.5, 0.6) is 5.75 Å². The number of rotatable bonds is 6. The van der Waals surface area contributed by atoms with Crippen molar-refractivity contribution >= 4 is 23.7 Å². The van der Waals surface area contributed by atoms with Crippen molar-refractivity contribution in [2.45, 2.75) is 6.92 Å². The van der Waals surface area contributed by atoms with Crippen molar-refractivity contribution in [3.63, 3.8) is 0 Å². The van der Waals surface area contributed by atoms with Crippen LogP contribution in [0.25, 0.3) is 6.08 Å². The van der Waals surface area contributed by atoms with E-state index in [2.05, 4.69) is 4.99 Å². The molecule has 0 N–H and O–H groups in total. The number of aliphatic imine (C=N–C) groups is 1. The number of aryl methyl sites for hydroxylation is 1. The van der Waals surface area contributed by atoms with E-state index in [-0.39, 0.29) is 18.1 Å². The largest absolute Gasteiger partial charge is 0.485 e. The first kappa shape index (κ1) is 19.3. The number of carbonyl (C=O) groups is 2. The molecule has 4 rings (SSSR count). The molecular formula is C25H19NO4. The average molecular weight is 397 g/mol. The van der Waals surface area contributed by atoms with Gasteiger partial charge in [0.05, 0.1) is 0 Å². The van der Waals surface area contributed by atoms with Gasteiger partial charge in [0, 0.05) is 11.1 Å². The van der Waals surface area contributed by atoms with Gasteiger partial charge in [0.25, 0.3) is 0 Å². The van der Waals surface area contributed by atoms with Crippen LogP contribution in [0.4, 0.5) is 0 Å². The van der Waals surface area contributed by atoms with Crippen LogP contribution in [0.1, 0.15) is 27.0 Å². The van der Waals surface area contributed by atoms with Crippen molar-refractivity contribution in [3.8, 4) is 5.75 Å². The number of hydrogen-bond donors (Lipinski definition) is 0. The average Bonchev–Trinajstić information content (AvgIpc) is 3.14. The van der Waals surface area contributed by atoms with Crippen molar-refractivity contribution in [2.24, 2.45) is 4.99 Å². The first-order chi connectivity index (χ1) is 14.6. The Morgan fingerprint density at radius 2 is 1.67 bits per heavy atom. The Morgan fingerprint density at radius 1 is 0.967 bits per heavy atom. The lowest BCUT2D eigenvalue weighted by Crippen LogP contribution is -2.11. The van der Waals surface area contributed by atoms with Gasteiger partial charge in [-0.25, -0.2) is 9.79 Å². The van der Waals surface area contributed by atoms with Gasteiger partial charge in [-0.3, -0.25) is 4.79 Å². The van der Waals surface area contributed by atoms with Crippen LogP contribution in [0.15, 0.2) is 89.6 Å². The highest BCUT2D eigenvalue weighted by Gasteiger charge is 2.24. The summed E-state index contributed by atoms with van der Waals surface area (Å²) < 4.78 is 10.8. The molecule has 30 heavy (non-hydrogen) atoms. The van der Waals surface area contributed by atoms with Crippen LogP contribution < -0.4 is 4.74 Å². The monoisotopic (exact) mass is 397 g/mol. The third kappa shape index (κ3) is 4.52. The van der Waals surface area contributed by atoms with Gasteiger partial charge >= 0.3 is 5.97 Å². The maximum atomic E-state index is 12.1. The lowest BCUT2D eigenvalue weighted by Gasteiger charge is -2.06. The molecule has 3 aromatic rings. The van der Waals surface area contributed by atoms with E-state index in [9.17, 15) is 9.59 Å². The first-order valence-electron chi connectivity index (χ1n) is 9.49. The number of esters is 1. The van der Waals surface area contributed by atoms with E-state index in [4.69, 9.17) is 9.47 Å². The number of ketones is 1. The molecule has 1 heterocycles. The van der Waals surface area contributed by atoms with Gasteiger partial charge in [-0.2, -0.15) is 0 Å². The third-order valence-electron chi connectivity index (χ3n) is 4.57. The Morgan fingerprint density at radius 3 is 2.37 bits per heavy atom. The van der Waals surface area contributed by atoms with Crippen LogP contribution in [-0.4, -0.2) is 24.3 Å². The summed E-state index contributed by atoms with van der Waals surface area (Å²) in [4.78, 5) is 28.6. The van der Waals surface area contributed by atoms with Crippen molar-refractivity contribution in [3.05, 3.63) is 107 Å². The van der Waals surface area contributed by atoms with E-state index in [0.29, 0.717) is 17.2 Å². The van der Waals surface area contributed by atoms with Crippen LogP contribution in [0, 0.1) is 6.92 Å². The second-order valence-corrected chi connectivity index (χ2v) is 6.85. The van der Waals surface area contributed by atoms with Gasteiger partial charge in [0.15, 0.2) is 18.1 Å². The molecule has 0 aromatic heterocycles. The summed E-state index contributed by atoms with van der Waals surface area (Å²) in [5.41, 5.74) is 3.49. The summed E-state index contributed by atoms with van der Waals surface area (Å²) in [6, 6.07) is 23.7. The lowest BCUT2D eigenvalue weighted by atomic mass is 10.1. The van der Waals surface area contributed by atoms with Gasteiger partial charge in [-0.1, -0.05) is 60.2 Å². The Bertz CT molecular complexity index is 1130. The molecule has 0 saturated carbocycles. The predicted molar refractivity (Wildman–Crippen MR) is 114 cm³/mol. The Balaban J connectivity index is 1.42. The summed E-state index contributed by atoms with van der Waals surface area (Å²) in [5.74, 6) is 0.290. The molecule has 5 heteroatoms. The van der Waals surface area contributed by atoms with E-state index in [0.717, 1.165) is 16.7 Å². The minimum Gasteiger partial charge on any atom is -0.485 e. The number of Topliss-reactive ketones (excluding diaryl/α,β-unsaturated/α-hetero) is 1. The highest BCUT2D eigenvalue weighted by molar-refractivity contribution is 6.12. The summed E-state index contributed by atoms with van der Waals surface area (Å²) >= 11 is 0. The Hall–Kier alpha value is -3.99. The second-order valence-electron chi connectivity index (χ2n) is 6.85. The first-order valence-corrected chi connectivity index (χ1v) is 9.49. The molecule has 1 aliphatic heterocycles. The zero-order chi connectivity index (χ0) is 20.9. The molecule has 148 valence electrons. The zero-order valence-corrected chi connectivity index (χ0v) is 16.4. The van der Waals surface area contributed by atoms with E-state index in [1.54, 1.807) is 42.5 Å². The highest BCUT2D eigenvalue weighted by atomic mass is 16.6. The molecule has 5 nitrogen and oxygen atoms in total. The molecule has 0 saturated heterocycles. The molecule has 0 amide bonds.